The van der Waals surface area contributed by atoms with Crippen LogP contribution in [0.3, 0.4) is 0 Å². The number of hydrogen-bond donors (Lipinski definition) is 1. The molecule has 0 aliphatic heterocycles. The number of carboxylic acids is 1. The van der Waals surface area contributed by atoms with E-state index in [0.717, 1.165) is 30.6 Å². The van der Waals surface area contributed by atoms with E-state index >= 15 is 0 Å². The summed E-state index contributed by atoms with van der Waals surface area (Å²) in [5, 5.41) is 8.50. The second-order valence-electron chi connectivity index (χ2n) is 14.4. The molecule has 0 spiro atoms. The Labute approximate surface area is 319 Å². The van der Waals surface area contributed by atoms with Crippen LogP contribution >= 0.6 is 0 Å². The fourth-order valence-corrected chi connectivity index (χ4v) is 5.35. The van der Waals surface area contributed by atoms with Crippen LogP contribution in [0.1, 0.15) is 125 Å². The highest BCUT2D eigenvalue weighted by Crippen LogP contribution is 2.22. The number of rotatable bonds is 39. The molecular formula is C40H74O13. The molecule has 3 atom stereocenters. The molecular weight excluding hydrogens is 688 g/mol. The van der Waals surface area contributed by atoms with E-state index in [1.165, 1.54) is 51.4 Å². The Morgan fingerprint density at radius 3 is 1.00 bits per heavy atom. The first-order valence-electron chi connectivity index (χ1n) is 20.1. The van der Waals surface area contributed by atoms with Crippen molar-refractivity contribution >= 4 is 23.9 Å². The fraction of sp³-hybridized carbons (Fsp3) is 0.900. The molecule has 0 fully saturated rings. The summed E-state index contributed by atoms with van der Waals surface area (Å²) in [5.74, 6) is 0.489. The molecule has 0 aliphatic rings. The van der Waals surface area contributed by atoms with Gasteiger partial charge in [0.05, 0.1) is 98.4 Å². The van der Waals surface area contributed by atoms with Crippen LogP contribution in [0.5, 0.6) is 0 Å². The molecule has 0 aromatic heterocycles. The summed E-state index contributed by atoms with van der Waals surface area (Å²) in [7, 11) is 0. The van der Waals surface area contributed by atoms with Crippen LogP contribution in [0.25, 0.3) is 0 Å². The zero-order valence-electron chi connectivity index (χ0n) is 33.7. The molecule has 0 aromatic rings. The van der Waals surface area contributed by atoms with Crippen molar-refractivity contribution in [3.63, 3.8) is 0 Å². The normalized spacial score (nSPS) is 13.1. The lowest BCUT2D eigenvalue weighted by Crippen LogP contribution is -2.16. The van der Waals surface area contributed by atoms with Gasteiger partial charge in [-0.1, -0.05) is 92.4 Å². The van der Waals surface area contributed by atoms with E-state index in [2.05, 4.69) is 34.6 Å². The number of carbonyl (C=O) groups excluding carboxylic acids is 3. The summed E-state index contributed by atoms with van der Waals surface area (Å²) < 4.78 is 42.2. The molecule has 1 unspecified atom stereocenters. The molecule has 0 saturated carbocycles. The third kappa shape index (κ3) is 39.2. The predicted molar refractivity (Wildman–Crippen MR) is 202 cm³/mol. The predicted octanol–water partition coefficient (Wildman–Crippen LogP) is 6.81. The lowest BCUT2D eigenvalue weighted by atomic mass is 9.91. The topological polar surface area (TPSA) is 162 Å². The molecule has 0 amide bonds. The molecule has 0 aromatic carbocycles. The number of carboxylic acid groups (broad SMARTS) is 1. The van der Waals surface area contributed by atoms with Crippen LogP contribution in [-0.2, 0) is 57.1 Å². The average Bonchev–Trinajstić information content (AvgIpc) is 3.10. The number of hydrogen-bond acceptors (Lipinski definition) is 12. The van der Waals surface area contributed by atoms with Gasteiger partial charge in [-0.25, -0.2) is 0 Å². The van der Waals surface area contributed by atoms with Crippen LogP contribution in [-0.4, -0.2) is 115 Å². The molecule has 0 heterocycles. The zero-order valence-corrected chi connectivity index (χ0v) is 33.7. The number of carbonyl (C=O) groups is 4. The molecule has 53 heavy (non-hydrogen) atoms. The monoisotopic (exact) mass is 763 g/mol. The SMILES string of the molecule is CC(C)CCC[C@@H](C)CCC[C@@H](C)CCCC(C)CCOC(=O)CCC(=O)OCCOCCOCCOCCOCCOCCOC(=O)CCC(=O)O. The van der Waals surface area contributed by atoms with Crippen LogP contribution in [0.4, 0.5) is 0 Å². The third-order valence-electron chi connectivity index (χ3n) is 8.69. The van der Waals surface area contributed by atoms with E-state index in [1.807, 2.05) is 0 Å². The van der Waals surface area contributed by atoms with Gasteiger partial charge in [-0.3, -0.25) is 19.2 Å². The maximum Gasteiger partial charge on any atom is 0.306 e. The number of ether oxygens (including phenoxy) is 8. The van der Waals surface area contributed by atoms with Gasteiger partial charge in [-0.05, 0) is 30.1 Å². The summed E-state index contributed by atoms with van der Waals surface area (Å²) >= 11 is 0. The Morgan fingerprint density at radius 1 is 0.377 bits per heavy atom. The van der Waals surface area contributed by atoms with E-state index in [1.54, 1.807) is 0 Å². The molecule has 0 saturated heterocycles. The molecule has 0 radical (unpaired) electrons. The van der Waals surface area contributed by atoms with Gasteiger partial charge in [-0.15, -0.1) is 0 Å². The van der Waals surface area contributed by atoms with Gasteiger partial charge >= 0.3 is 23.9 Å². The largest absolute Gasteiger partial charge is 0.481 e. The lowest BCUT2D eigenvalue weighted by Gasteiger charge is -2.16. The van der Waals surface area contributed by atoms with E-state index in [4.69, 9.17) is 43.0 Å². The molecule has 1 N–H and O–H groups in total. The summed E-state index contributed by atoms with van der Waals surface area (Å²) in [6.07, 6.45) is 12.1. The lowest BCUT2D eigenvalue weighted by molar-refractivity contribution is -0.151. The Morgan fingerprint density at radius 2 is 0.660 bits per heavy atom. The van der Waals surface area contributed by atoms with Crippen LogP contribution in [0, 0.1) is 23.7 Å². The Hall–Kier alpha value is -2.32. The highest BCUT2D eigenvalue weighted by molar-refractivity contribution is 5.77. The number of esters is 3. The van der Waals surface area contributed by atoms with Crippen molar-refractivity contribution in [3.05, 3.63) is 0 Å². The Bertz CT molecular complexity index is 898. The van der Waals surface area contributed by atoms with Crippen molar-refractivity contribution in [2.45, 2.75) is 125 Å². The summed E-state index contributed by atoms with van der Waals surface area (Å²) in [6, 6.07) is 0. The van der Waals surface area contributed by atoms with Gasteiger partial charge in [0.25, 0.3) is 0 Å². The maximum atomic E-state index is 12.0. The first-order chi connectivity index (χ1) is 25.5. The van der Waals surface area contributed by atoms with Crippen LogP contribution in [0.15, 0.2) is 0 Å². The first-order valence-corrected chi connectivity index (χ1v) is 20.1. The summed E-state index contributed by atoms with van der Waals surface area (Å²) in [4.78, 5) is 45.6. The second-order valence-corrected chi connectivity index (χ2v) is 14.4. The second kappa shape index (κ2) is 36.6. The van der Waals surface area contributed by atoms with E-state index in [0.29, 0.717) is 65.4 Å². The minimum Gasteiger partial charge on any atom is -0.481 e. The minimum absolute atomic E-state index is 0.0116. The molecule has 13 heteroatoms. The van der Waals surface area contributed by atoms with Gasteiger partial charge < -0.3 is 43.0 Å². The molecule has 13 nitrogen and oxygen atoms in total. The molecule has 0 bridgehead atoms. The van der Waals surface area contributed by atoms with Gasteiger partial charge in [0.15, 0.2) is 0 Å². The molecule has 312 valence electrons. The van der Waals surface area contributed by atoms with Gasteiger partial charge in [0.1, 0.15) is 13.2 Å². The fourth-order valence-electron chi connectivity index (χ4n) is 5.35. The average molecular weight is 763 g/mol. The van der Waals surface area contributed by atoms with E-state index in [9.17, 15) is 19.2 Å². The highest BCUT2D eigenvalue weighted by atomic mass is 16.6. The van der Waals surface area contributed by atoms with E-state index < -0.39 is 17.9 Å². The summed E-state index contributed by atoms with van der Waals surface area (Å²) in [6.45, 7) is 15.6. The van der Waals surface area contributed by atoms with Crippen molar-refractivity contribution in [2.75, 3.05) is 85.9 Å². The maximum absolute atomic E-state index is 12.0. The van der Waals surface area contributed by atoms with Crippen molar-refractivity contribution in [3.8, 4) is 0 Å². The Kier molecular flexibility index (Phi) is 35.0. The third-order valence-corrected chi connectivity index (χ3v) is 8.69. The minimum atomic E-state index is -1.04. The quantitative estimate of drug-likeness (QED) is 0.0395. The van der Waals surface area contributed by atoms with Crippen molar-refractivity contribution in [1.29, 1.82) is 0 Å². The van der Waals surface area contributed by atoms with Gasteiger partial charge in [0.2, 0.25) is 0 Å². The molecule has 0 aliphatic carbocycles. The smallest absolute Gasteiger partial charge is 0.306 e. The summed E-state index contributed by atoms with van der Waals surface area (Å²) in [5.41, 5.74) is 0. The highest BCUT2D eigenvalue weighted by Gasteiger charge is 2.12. The van der Waals surface area contributed by atoms with Crippen molar-refractivity contribution < 1.29 is 62.2 Å². The van der Waals surface area contributed by atoms with Crippen LogP contribution < -0.4 is 0 Å². The Balaban J connectivity index is 3.47. The van der Waals surface area contributed by atoms with Crippen molar-refractivity contribution in [1.82, 2.24) is 0 Å². The van der Waals surface area contributed by atoms with Gasteiger partial charge in [0, 0.05) is 0 Å². The zero-order chi connectivity index (χ0) is 39.4. The van der Waals surface area contributed by atoms with Crippen LogP contribution in [0.2, 0.25) is 0 Å². The standard InChI is InChI=1S/C40H74O13/c1-33(2)9-6-10-34(3)11-7-12-35(4)13-8-14-36(5)19-20-51-39(44)17-18-40(45)53-32-30-50-28-26-48-24-22-46-21-23-47-25-27-49-29-31-52-38(43)16-15-37(41)42/h33-36H,6-32H2,1-5H3,(H,41,42)/t34-,35-,36?/m1/s1. The molecule has 0 rings (SSSR count). The first kappa shape index (κ1) is 50.7. The van der Waals surface area contributed by atoms with Gasteiger partial charge in [-0.2, -0.15) is 0 Å². The van der Waals surface area contributed by atoms with E-state index in [-0.39, 0.29) is 58.1 Å². The van der Waals surface area contributed by atoms with Crippen molar-refractivity contribution in [2.24, 2.45) is 23.7 Å². The number of aliphatic carboxylic acids is 1.